The number of morpholine rings is 1. The van der Waals surface area contributed by atoms with E-state index in [4.69, 9.17) is 9.72 Å². The molecule has 0 unspecified atom stereocenters. The first-order valence-electron chi connectivity index (χ1n) is 12.1. The number of pyridine rings is 1. The molecule has 6 nitrogen and oxygen atoms in total. The molecule has 1 N–H and O–H groups in total. The van der Waals surface area contributed by atoms with Crippen LogP contribution in [0.5, 0.6) is 0 Å². The van der Waals surface area contributed by atoms with E-state index in [1.807, 2.05) is 6.07 Å². The van der Waals surface area contributed by atoms with Gasteiger partial charge in [0, 0.05) is 44.8 Å². The van der Waals surface area contributed by atoms with Gasteiger partial charge < -0.3 is 15.0 Å². The molecule has 34 heavy (non-hydrogen) atoms. The average molecular weight is 454 g/mol. The van der Waals surface area contributed by atoms with Crippen molar-refractivity contribution in [2.75, 3.05) is 49.6 Å². The van der Waals surface area contributed by atoms with Gasteiger partial charge in [-0.3, -0.25) is 4.90 Å². The van der Waals surface area contributed by atoms with Gasteiger partial charge in [0.2, 0.25) is 0 Å². The van der Waals surface area contributed by atoms with Crippen LogP contribution in [-0.4, -0.2) is 49.3 Å². The third-order valence-corrected chi connectivity index (χ3v) is 6.67. The molecular formula is C28H31N5O. The van der Waals surface area contributed by atoms with Gasteiger partial charge in [-0.1, -0.05) is 60.7 Å². The van der Waals surface area contributed by atoms with Crippen molar-refractivity contribution in [2.45, 2.75) is 25.9 Å². The van der Waals surface area contributed by atoms with Gasteiger partial charge in [0.25, 0.3) is 0 Å². The monoisotopic (exact) mass is 453 g/mol. The lowest BCUT2D eigenvalue weighted by Gasteiger charge is -2.34. The van der Waals surface area contributed by atoms with E-state index in [1.165, 1.54) is 16.7 Å². The molecule has 3 aromatic rings. The number of nitriles is 1. The van der Waals surface area contributed by atoms with Crippen LogP contribution in [0.3, 0.4) is 0 Å². The summed E-state index contributed by atoms with van der Waals surface area (Å²) in [4.78, 5) is 9.73. The molecular weight excluding hydrogens is 422 g/mol. The number of hydrogen-bond acceptors (Lipinski definition) is 6. The summed E-state index contributed by atoms with van der Waals surface area (Å²) in [5, 5.41) is 13.8. The highest BCUT2D eigenvalue weighted by Gasteiger charge is 2.28. The van der Waals surface area contributed by atoms with E-state index in [1.54, 1.807) is 0 Å². The Bertz CT molecular complexity index is 1140. The molecule has 0 radical (unpaired) electrons. The van der Waals surface area contributed by atoms with E-state index in [0.717, 1.165) is 74.9 Å². The van der Waals surface area contributed by atoms with Crippen LogP contribution in [0.4, 0.5) is 11.6 Å². The van der Waals surface area contributed by atoms with Gasteiger partial charge in [0.05, 0.1) is 18.8 Å². The molecule has 0 amide bonds. The number of nitrogens with one attached hydrogen (secondary N) is 1. The van der Waals surface area contributed by atoms with Crippen molar-refractivity contribution in [1.82, 2.24) is 9.88 Å². The molecule has 2 aliphatic rings. The SMILES string of the molecule is N#Cc1c(N2CCOCC2)nc(NCCc2ccccc2)c2c1CCN(Cc1ccccc1)C2. The molecule has 5 rings (SSSR count). The van der Waals surface area contributed by atoms with Gasteiger partial charge >= 0.3 is 0 Å². The summed E-state index contributed by atoms with van der Waals surface area (Å²) >= 11 is 0. The number of hydrogen-bond donors (Lipinski definition) is 1. The Morgan fingerprint density at radius 1 is 0.912 bits per heavy atom. The number of ether oxygens (including phenoxy) is 1. The van der Waals surface area contributed by atoms with Crippen molar-refractivity contribution < 1.29 is 4.74 Å². The minimum Gasteiger partial charge on any atom is -0.378 e. The Kier molecular flexibility index (Phi) is 7.04. The van der Waals surface area contributed by atoms with Gasteiger partial charge in [-0.05, 0) is 29.5 Å². The van der Waals surface area contributed by atoms with Gasteiger partial charge in [-0.2, -0.15) is 5.26 Å². The zero-order chi connectivity index (χ0) is 23.2. The number of nitrogens with zero attached hydrogens (tertiary/aromatic N) is 4. The van der Waals surface area contributed by atoms with Crippen molar-refractivity contribution >= 4 is 11.6 Å². The Morgan fingerprint density at radius 3 is 2.32 bits per heavy atom. The van der Waals surface area contributed by atoms with Gasteiger partial charge in [0.1, 0.15) is 17.7 Å². The molecule has 3 heterocycles. The summed E-state index contributed by atoms with van der Waals surface area (Å²) in [6.45, 7) is 6.31. The lowest BCUT2D eigenvalue weighted by atomic mass is 9.94. The van der Waals surface area contributed by atoms with Crippen molar-refractivity contribution in [3.63, 3.8) is 0 Å². The topological polar surface area (TPSA) is 64.4 Å². The Balaban J connectivity index is 1.44. The predicted molar refractivity (Wildman–Crippen MR) is 135 cm³/mol. The zero-order valence-corrected chi connectivity index (χ0v) is 19.5. The number of aromatic nitrogens is 1. The van der Waals surface area contributed by atoms with Crippen LogP contribution < -0.4 is 10.2 Å². The Hall–Kier alpha value is -3.40. The largest absolute Gasteiger partial charge is 0.378 e. The minimum atomic E-state index is 0.672. The summed E-state index contributed by atoms with van der Waals surface area (Å²) in [5.41, 5.74) is 5.68. The molecule has 0 atom stereocenters. The normalized spacial score (nSPS) is 16.0. The van der Waals surface area contributed by atoms with Crippen molar-refractivity contribution in [2.24, 2.45) is 0 Å². The molecule has 2 aliphatic heterocycles. The maximum atomic E-state index is 10.1. The maximum Gasteiger partial charge on any atom is 0.149 e. The summed E-state index contributed by atoms with van der Waals surface area (Å²) in [6.07, 6.45) is 1.79. The smallest absolute Gasteiger partial charge is 0.149 e. The first-order valence-corrected chi connectivity index (χ1v) is 12.1. The zero-order valence-electron chi connectivity index (χ0n) is 19.5. The van der Waals surface area contributed by atoms with Crippen molar-refractivity contribution in [1.29, 1.82) is 5.26 Å². The van der Waals surface area contributed by atoms with Crippen LogP contribution in [0.15, 0.2) is 60.7 Å². The van der Waals surface area contributed by atoms with E-state index in [2.05, 4.69) is 75.8 Å². The van der Waals surface area contributed by atoms with E-state index >= 15 is 0 Å². The van der Waals surface area contributed by atoms with Crippen molar-refractivity contribution in [3.05, 3.63) is 88.5 Å². The molecule has 1 fully saturated rings. The lowest BCUT2D eigenvalue weighted by molar-refractivity contribution is 0.122. The standard InChI is InChI=1S/C28H31N5O/c29-19-25-24-12-14-32(20-23-9-5-2-6-10-23)21-26(24)27(30-13-11-22-7-3-1-4-8-22)31-28(25)33-15-17-34-18-16-33/h1-10H,11-18,20-21H2,(H,30,31). The fraction of sp³-hybridized carbons (Fsp3) is 0.357. The van der Waals surface area contributed by atoms with Crippen LogP contribution >= 0.6 is 0 Å². The fourth-order valence-corrected chi connectivity index (χ4v) is 4.89. The molecule has 174 valence electrons. The first-order chi connectivity index (χ1) is 16.8. The lowest BCUT2D eigenvalue weighted by Crippen LogP contribution is -2.38. The van der Waals surface area contributed by atoms with Crippen LogP contribution in [0.2, 0.25) is 0 Å². The van der Waals surface area contributed by atoms with Gasteiger partial charge in [-0.15, -0.1) is 0 Å². The van der Waals surface area contributed by atoms with E-state index in [0.29, 0.717) is 13.2 Å². The van der Waals surface area contributed by atoms with Gasteiger partial charge in [-0.25, -0.2) is 4.98 Å². The highest BCUT2D eigenvalue weighted by Crippen LogP contribution is 2.34. The molecule has 0 bridgehead atoms. The van der Waals surface area contributed by atoms with E-state index in [9.17, 15) is 5.26 Å². The van der Waals surface area contributed by atoms with E-state index < -0.39 is 0 Å². The number of fused-ring (bicyclic) bond motifs is 1. The second-order valence-corrected chi connectivity index (χ2v) is 8.94. The van der Waals surface area contributed by atoms with Crippen LogP contribution in [0.25, 0.3) is 0 Å². The van der Waals surface area contributed by atoms with E-state index in [-0.39, 0.29) is 0 Å². The predicted octanol–water partition coefficient (Wildman–Crippen LogP) is 4.00. The Labute approximate surface area is 201 Å². The molecule has 0 aliphatic carbocycles. The Morgan fingerprint density at radius 2 is 1.62 bits per heavy atom. The highest BCUT2D eigenvalue weighted by atomic mass is 16.5. The first kappa shape index (κ1) is 22.4. The van der Waals surface area contributed by atoms with Crippen LogP contribution in [-0.2, 0) is 30.7 Å². The summed E-state index contributed by atoms with van der Waals surface area (Å²) in [7, 11) is 0. The molecule has 1 saturated heterocycles. The summed E-state index contributed by atoms with van der Waals surface area (Å²) < 4.78 is 5.55. The third kappa shape index (κ3) is 5.06. The third-order valence-electron chi connectivity index (χ3n) is 6.67. The average Bonchev–Trinajstić information content (AvgIpc) is 2.90. The minimum absolute atomic E-state index is 0.672. The summed E-state index contributed by atoms with van der Waals surface area (Å²) in [6, 6.07) is 23.6. The molecule has 2 aromatic carbocycles. The maximum absolute atomic E-state index is 10.1. The fourth-order valence-electron chi connectivity index (χ4n) is 4.89. The molecule has 6 heteroatoms. The molecule has 1 aromatic heterocycles. The second kappa shape index (κ2) is 10.7. The quantitative estimate of drug-likeness (QED) is 0.583. The van der Waals surface area contributed by atoms with Gasteiger partial charge in [0.15, 0.2) is 0 Å². The van der Waals surface area contributed by atoms with Crippen LogP contribution in [0, 0.1) is 11.3 Å². The van der Waals surface area contributed by atoms with Crippen LogP contribution in [0.1, 0.15) is 27.8 Å². The second-order valence-electron chi connectivity index (χ2n) is 8.94. The summed E-state index contributed by atoms with van der Waals surface area (Å²) in [5.74, 6) is 1.73. The van der Waals surface area contributed by atoms with Crippen molar-refractivity contribution in [3.8, 4) is 6.07 Å². The molecule has 0 saturated carbocycles. The number of rotatable bonds is 7. The molecule has 0 spiro atoms. The highest BCUT2D eigenvalue weighted by molar-refractivity contribution is 5.67. The number of anilines is 2. The number of benzene rings is 2.